The van der Waals surface area contributed by atoms with Crippen molar-refractivity contribution in [2.75, 3.05) is 42.3 Å². The number of morpholine rings is 1. The molecule has 31 heavy (non-hydrogen) atoms. The Morgan fingerprint density at radius 1 is 1.10 bits per heavy atom. The molecule has 2 heterocycles. The topological polar surface area (TPSA) is 112 Å². The molecule has 1 aliphatic rings. The SMILES string of the molecule is CCCCn1c(N)c(N2CCOCC2)c(=O)n(CC(=O)Nc2cc(C)cc(C)c2)c1=O. The lowest BCUT2D eigenvalue weighted by molar-refractivity contribution is -0.116. The number of rotatable bonds is 7. The Kier molecular flexibility index (Phi) is 7.17. The van der Waals surface area contributed by atoms with Crippen molar-refractivity contribution in [3.05, 3.63) is 50.2 Å². The molecule has 9 heteroatoms. The third-order valence-corrected chi connectivity index (χ3v) is 5.31. The van der Waals surface area contributed by atoms with Crippen LogP contribution in [0.3, 0.4) is 0 Å². The summed E-state index contributed by atoms with van der Waals surface area (Å²) in [7, 11) is 0. The van der Waals surface area contributed by atoms with E-state index in [1.165, 1.54) is 4.57 Å². The van der Waals surface area contributed by atoms with Crippen LogP contribution in [0.25, 0.3) is 0 Å². The molecule has 1 aromatic heterocycles. The first-order valence-corrected chi connectivity index (χ1v) is 10.7. The number of hydrogen-bond donors (Lipinski definition) is 2. The normalized spacial score (nSPS) is 14.0. The third kappa shape index (κ3) is 5.16. The summed E-state index contributed by atoms with van der Waals surface area (Å²) in [5.41, 5.74) is 8.08. The lowest BCUT2D eigenvalue weighted by Gasteiger charge is -2.30. The molecule has 0 radical (unpaired) electrons. The van der Waals surface area contributed by atoms with Crippen LogP contribution in [0.4, 0.5) is 17.2 Å². The molecule has 2 aromatic rings. The van der Waals surface area contributed by atoms with E-state index < -0.39 is 17.2 Å². The molecule has 1 aromatic carbocycles. The van der Waals surface area contributed by atoms with Crippen LogP contribution in [0.15, 0.2) is 27.8 Å². The highest BCUT2D eigenvalue weighted by atomic mass is 16.5. The van der Waals surface area contributed by atoms with Gasteiger partial charge in [-0.15, -0.1) is 0 Å². The predicted octanol–water partition coefficient (Wildman–Crippen LogP) is 1.48. The van der Waals surface area contributed by atoms with Gasteiger partial charge < -0.3 is 20.7 Å². The van der Waals surface area contributed by atoms with Gasteiger partial charge in [0.2, 0.25) is 5.91 Å². The highest BCUT2D eigenvalue weighted by molar-refractivity contribution is 5.90. The number of unbranched alkanes of at least 4 members (excludes halogenated alkanes) is 1. The van der Waals surface area contributed by atoms with Gasteiger partial charge >= 0.3 is 5.69 Å². The number of carbonyl (C=O) groups excluding carboxylic acids is 1. The summed E-state index contributed by atoms with van der Waals surface area (Å²) in [4.78, 5) is 40.9. The zero-order valence-corrected chi connectivity index (χ0v) is 18.4. The Morgan fingerprint density at radius 3 is 2.35 bits per heavy atom. The maximum absolute atomic E-state index is 13.2. The average molecular weight is 430 g/mol. The van der Waals surface area contributed by atoms with Crippen molar-refractivity contribution < 1.29 is 9.53 Å². The lowest BCUT2D eigenvalue weighted by Crippen LogP contribution is -2.48. The largest absolute Gasteiger partial charge is 0.383 e. The molecule has 0 atom stereocenters. The molecule has 168 valence electrons. The molecule has 0 bridgehead atoms. The number of aryl methyl sites for hydroxylation is 2. The summed E-state index contributed by atoms with van der Waals surface area (Å²) < 4.78 is 7.76. The molecular formula is C22H31N5O4. The second-order valence-corrected chi connectivity index (χ2v) is 7.94. The first kappa shape index (κ1) is 22.6. The summed E-state index contributed by atoms with van der Waals surface area (Å²) in [5, 5.41) is 2.79. The molecule has 3 N–H and O–H groups in total. The minimum Gasteiger partial charge on any atom is -0.383 e. The van der Waals surface area contributed by atoms with Gasteiger partial charge in [-0.05, 0) is 43.5 Å². The van der Waals surface area contributed by atoms with Gasteiger partial charge in [0.15, 0.2) is 0 Å². The lowest BCUT2D eigenvalue weighted by atomic mass is 10.1. The molecule has 1 fully saturated rings. The highest BCUT2D eigenvalue weighted by Crippen LogP contribution is 2.19. The summed E-state index contributed by atoms with van der Waals surface area (Å²) in [5.74, 6) is -0.291. The van der Waals surface area contributed by atoms with Crippen LogP contribution < -0.4 is 27.2 Å². The van der Waals surface area contributed by atoms with E-state index in [9.17, 15) is 14.4 Å². The van der Waals surface area contributed by atoms with Gasteiger partial charge in [-0.25, -0.2) is 9.36 Å². The Morgan fingerprint density at radius 2 is 1.74 bits per heavy atom. The maximum atomic E-state index is 13.2. The summed E-state index contributed by atoms with van der Waals surface area (Å²) in [6.45, 7) is 7.84. The Bertz CT molecular complexity index is 1050. The minimum absolute atomic E-state index is 0.149. The van der Waals surface area contributed by atoms with Crippen molar-refractivity contribution in [2.24, 2.45) is 0 Å². The van der Waals surface area contributed by atoms with Crippen LogP contribution in [0.5, 0.6) is 0 Å². The average Bonchev–Trinajstić information content (AvgIpc) is 2.71. The number of nitrogens with zero attached hydrogens (tertiary/aromatic N) is 3. The van der Waals surface area contributed by atoms with Gasteiger partial charge in [-0.3, -0.25) is 14.2 Å². The molecule has 1 saturated heterocycles. The van der Waals surface area contributed by atoms with Crippen LogP contribution >= 0.6 is 0 Å². The van der Waals surface area contributed by atoms with Crippen molar-refractivity contribution in [3.8, 4) is 0 Å². The minimum atomic E-state index is -0.566. The molecular weight excluding hydrogens is 398 g/mol. The summed E-state index contributed by atoms with van der Waals surface area (Å²) in [6.07, 6.45) is 1.60. The molecule has 3 rings (SSSR count). The molecule has 1 amide bonds. The zero-order valence-electron chi connectivity index (χ0n) is 18.4. The van der Waals surface area contributed by atoms with E-state index >= 15 is 0 Å². The number of carbonyl (C=O) groups is 1. The fraction of sp³-hybridized carbons (Fsp3) is 0.500. The standard InChI is InChI=1S/C22H31N5O4/c1-4-5-6-26-20(23)19(25-7-9-31-10-8-25)21(29)27(22(26)30)14-18(28)24-17-12-15(2)11-16(3)13-17/h11-13H,4-10,14,23H2,1-3H3,(H,24,28). The quantitative estimate of drug-likeness (QED) is 0.690. The van der Waals surface area contributed by atoms with Crippen molar-refractivity contribution in [3.63, 3.8) is 0 Å². The molecule has 9 nitrogen and oxygen atoms in total. The number of amides is 1. The van der Waals surface area contributed by atoms with E-state index in [1.807, 2.05) is 43.9 Å². The number of benzene rings is 1. The number of hydrogen-bond acceptors (Lipinski definition) is 6. The van der Waals surface area contributed by atoms with Crippen LogP contribution in [0, 0.1) is 13.8 Å². The third-order valence-electron chi connectivity index (χ3n) is 5.31. The summed E-state index contributed by atoms with van der Waals surface area (Å²) >= 11 is 0. The predicted molar refractivity (Wildman–Crippen MR) is 122 cm³/mol. The van der Waals surface area contributed by atoms with Gasteiger partial charge in [0.1, 0.15) is 18.1 Å². The molecule has 0 saturated carbocycles. The van der Waals surface area contributed by atoms with Crippen LogP contribution in [-0.2, 0) is 22.6 Å². The Labute approximate surface area is 181 Å². The first-order valence-electron chi connectivity index (χ1n) is 10.7. The smallest absolute Gasteiger partial charge is 0.333 e. The van der Waals surface area contributed by atoms with Crippen molar-refractivity contribution in [2.45, 2.75) is 46.7 Å². The second kappa shape index (κ2) is 9.82. The fourth-order valence-electron chi connectivity index (χ4n) is 3.85. The van der Waals surface area contributed by atoms with Gasteiger partial charge in [-0.1, -0.05) is 19.4 Å². The number of nitrogen functional groups attached to an aromatic ring is 1. The van der Waals surface area contributed by atoms with Crippen LogP contribution in [-0.4, -0.2) is 41.3 Å². The van der Waals surface area contributed by atoms with Gasteiger partial charge in [0.05, 0.1) is 13.2 Å². The van der Waals surface area contributed by atoms with Gasteiger partial charge in [-0.2, -0.15) is 0 Å². The van der Waals surface area contributed by atoms with E-state index in [0.717, 1.165) is 28.5 Å². The molecule has 0 aliphatic carbocycles. The number of ether oxygens (including phenoxy) is 1. The molecule has 0 unspecified atom stereocenters. The monoisotopic (exact) mass is 429 g/mol. The number of nitrogens with two attached hydrogens (primary N) is 1. The number of aromatic nitrogens is 2. The van der Waals surface area contributed by atoms with Crippen LogP contribution in [0.2, 0.25) is 0 Å². The Balaban J connectivity index is 1.98. The maximum Gasteiger partial charge on any atom is 0.333 e. The second-order valence-electron chi connectivity index (χ2n) is 7.94. The fourth-order valence-corrected chi connectivity index (χ4v) is 3.85. The number of anilines is 3. The highest BCUT2D eigenvalue weighted by Gasteiger charge is 2.24. The summed E-state index contributed by atoms with van der Waals surface area (Å²) in [6, 6.07) is 5.69. The Hall–Kier alpha value is -3.07. The molecule has 0 spiro atoms. The van der Waals surface area contributed by atoms with Gasteiger partial charge in [0, 0.05) is 25.3 Å². The zero-order chi connectivity index (χ0) is 22.5. The van der Waals surface area contributed by atoms with E-state index in [4.69, 9.17) is 10.5 Å². The van der Waals surface area contributed by atoms with E-state index in [2.05, 4.69) is 5.32 Å². The molecule has 1 aliphatic heterocycles. The van der Waals surface area contributed by atoms with Crippen LogP contribution in [0.1, 0.15) is 30.9 Å². The number of nitrogens with one attached hydrogen (secondary N) is 1. The van der Waals surface area contributed by atoms with E-state index in [1.54, 1.807) is 0 Å². The van der Waals surface area contributed by atoms with E-state index in [-0.39, 0.29) is 18.1 Å². The van der Waals surface area contributed by atoms with Crippen molar-refractivity contribution in [1.29, 1.82) is 0 Å². The van der Waals surface area contributed by atoms with Crippen molar-refractivity contribution >= 4 is 23.1 Å². The van der Waals surface area contributed by atoms with Gasteiger partial charge in [0.25, 0.3) is 5.56 Å². The first-order chi connectivity index (χ1) is 14.8. The van der Waals surface area contributed by atoms with E-state index in [0.29, 0.717) is 38.5 Å². The van der Waals surface area contributed by atoms with Crippen molar-refractivity contribution in [1.82, 2.24) is 9.13 Å².